The molecule has 0 aliphatic heterocycles. The molecular formula is C21H17F2N. The minimum absolute atomic E-state index is 0.0474. The molecule has 0 aliphatic rings. The Morgan fingerprint density at radius 1 is 0.667 bits per heavy atom. The molecule has 0 fully saturated rings. The molecule has 3 heteroatoms. The first-order chi connectivity index (χ1) is 11.5. The lowest BCUT2D eigenvalue weighted by molar-refractivity contribution is 0.567. The number of nitrogens with zero attached hydrogens (tertiary/aromatic N) is 1. The van der Waals surface area contributed by atoms with Gasteiger partial charge in [0.15, 0.2) is 0 Å². The number of rotatable bonds is 1. The average molecular weight is 321 g/mol. The summed E-state index contributed by atoms with van der Waals surface area (Å²) in [5.74, 6) is -1.06. The number of hydrogen-bond donors (Lipinski definition) is 0. The summed E-state index contributed by atoms with van der Waals surface area (Å²) in [6.45, 7) is 5.54. The van der Waals surface area contributed by atoms with Gasteiger partial charge in [0.2, 0.25) is 0 Å². The summed E-state index contributed by atoms with van der Waals surface area (Å²) in [7, 11) is 0. The molecule has 0 aliphatic carbocycles. The number of aryl methyl sites for hydroxylation is 2. The van der Waals surface area contributed by atoms with E-state index in [0.717, 1.165) is 32.9 Å². The van der Waals surface area contributed by atoms with E-state index < -0.39 is 11.6 Å². The highest BCUT2D eigenvalue weighted by Gasteiger charge is 2.15. The smallest absolute Gasteiger partial charge is 0.131 e. The normalized spacial score (nSPS) is 11.5. The third-order valence-corrected chi connectivity index (χ3v) is 4.60. The lowest BCUT2D eigenvalue weighted by Crippen LogP contribution is -1.98. The zero-order chi connectivity index (χ0) is 17.0. The van der Waals surface area contributed by atoms with Crippen molar-refractivity contribution in [2.75, 3.05) is 0 Å². The lowest BCUT2D eigenvalue weighted by atomic mass is 10.1. The van der Waals surface area contributed by atoms with E-state index in [0.29, 0.717) is 5.69 Å². The Morgan fingerprint density at radius 2 is 1.12 bits per heavy atom. The fourth-order valence-electron chi connectivity index (χ4n) is 3.29. The van der Waals surface area contributed by atoms with Crippen LogP contribution in [0.15, 0.2) is 48.5 Å². The van der Waals surface area contributed by atoms with Crippen molar-refractivity contribution in [2.45, 2.75) is 20.8 Å². The molecule has 24 heavy (non-hydrogen) atoms. The second-order valence-electron chi connectivity index (χ2n) is 6.41. The summed E-state index contributed by atoms with van der Waals surface area (Å²) >= 11 is 0. The Morgan fingerprint density at radius 3 is 1.58 bits per heavy atom. The van der Waals surface area contributed by atoms with Crippen LogP contribution in [0.4, 0.5) is 8.78 Å². The summed E-state index contributed by atoms with van der Waals surface area (Å²) in [5, 5.41) is 2.19. The number of hydrogen-bond acceptors (Lipinski definition) is 0. The Hall–Kier alpha value is -2.68. The molecule has 120 valence electrons. The number of benzene rings is 3. The fraction of sp³-hybridized carbons (Fsp3) is 0.143. The molecule has 4 rings (SSSR count). The highest BCUT2D eigenvalue weighted by Crippen LogP contribution is 2.34. The van der Waals surface area contributed by atoms with Gasteiger partial charge in [-0.25, -0.2) is 8.78 Å². The molecule has 0 spiro atoms. The Bertz CT molecular complexity index is 1020. The van der Waals surface area contributed by atoms with Crippen molar-refractivity contribution in [3.63, 3.8) is 0 Å². The first-order valence-electron chi connectivity index (χ1n) is 7.93. The van der Waals surface area contributed by atoms with Crippen LogP contribution in [0.25, 0.3) is 27.5 Å². The third kappa shape index (κ3) is 2.12. The fourth-order valence-corrected chi connectivity index (χ4v) is 3.29. The monoisotopic (exact) mass is 321 g/mol. The molecule has 0 atom stereocenters. The molecular weight excluding hydrogens is 304 g/mol. The van der Waals surface area contributed by atoms with E-state index >= 15 is 0 Å². The van der Waals surface area contributed by atoms with Gasteiger partial charge in [0.05, 0.1) is 16.7 Å². The predicted octanol–water partition coefficient (Wildman–Crippen LogP) is 5.99. The Kier molecular flexibility index (Phi) is 3.20. The summed E-state index contributed by atoms with van der Waals surface area (Å²) in [6, 6.07) is 15.1. The second kappa shape index (κ2) is 5.17. The average Bonchev–Trinajstić information content (AvgIpc) is 2.85. The topological polar surface area (TPSA) is 4.93 Å². The van der Waals surface area contributed by atoms with Crippen LogP contribution in [0.3, 0.4) is 0 Å². The molecule has 1 aromatic heterocycles. The zero-order valence-corrected chi connectivity index (χ0v) is 13.8. The van der Waals surface area contributed by atoms with Crippen LogP contribution in [-0.4, -0.2) is 4.57 Å². The van der Waals surface area contributed by atoms with Crippen molar-refractivity contribution in [1.82, 2.24) is 4.57 Å². The van der Waals surface area contributed by atoms with E-state index in [1.807, 2.05) is 42.7 Å². The first-order valence-corrected chi connectivity index (χ1v) is 7.93. The Labute approximate surface area is 139 Å². The Balaban J connectivity index is 2.18. The van der Waals surface area contributed by atoms with Crippen LogP contribution in [-0.2, 0) is 0 Å². The van der Waals surface area contributed by atoms with Gasteiger partial charge in [-0.1, -0.05) is 23.3 Å². The van der Waals surface area contributed by atoms with Crippen molar-refractivity contribution >= 4 is 21.8 Å². The third-order valence-electron chi connectivity index (χ3n) is 4.60. The summed E-state index contributed by atoms with van der Waals surface area (Å²) in [4.78, 5) is 0. The standard InChI is InChI=1S/C21H17F2N/c1-12-4-6-20-16(8-12)17-9-13(2)5-7-21(17)24(20)15-10-18(22)14(3)19(23)11-15/h4-11H,1-3H3. The number of halogens is 2. The molecule has 3 aromatic carbocycles. The van der Waals surface area contributed by atoms with Crippen molar-refractivity contribution in [3.05, 3.63) is 76.9 Å². The van der Waals surface area contributed by atoms with Gasteiger partial charge in [0, 0.05) is 16.3 Å². The molecule has 4 aromatic rings. The van der Waals surface area contributed by atoms with Crippen LogP contribution in [0.1, 0.15) is 16.7 Å². The molecule has 0 saturated carbocycles. The highest BCUT2D eigenvalue weighted by molar-refractivity contribution is 6.09. The molecule has 0 radical (unpaired) electrons. The summed E-state index contributed by atoms with van der Waals surface area (Å²) in [6.07, 6.45) is 0. The van der Waals surface area contributed by atoms with Crippen LogP contribution in [0, 0.1) is 32.4 Å². The van der Waals surface area contributed by atoms with Gasteiger partial charge in [0.1, 0.15) is 11.6 Å². The molecule has 0 unspecified atom stereocenters. The van der Waals surface area contributed by atoms with E-state index in [1.54, 1.807) is 0 Å². The van der Waals surface area contributed by atoms with Crippen molar-refractivity contribution in [3.8, 4) is 5.69 Å². The van der Waals surface area contributed by atoms with Gasteiger partial charge >= 0.3 is 0 Å². The van der Waals surface area contributed by atoms with Crippen molar-refractivity contribution in [1.29, 1.82) is 0 Å². The minimum Gasteiger partial charge on any atom is -0.309 e. The van der Waals surface area contributed by atoms with Crippen molar-refractivity contribution < 1.29 is 8.78 Å². The van der Waals surface area contributed by atoms with E-state index in [9.17, 15) is 8.78 Å². The zero-order valence-electron chi connectivity index (χ0n) is 13.8. The number of fused-ring (bicyclic) bond motifs is 3. The maximum Gasteiger partial charge on any atom is 0.131 e. The predicted molar refractivity (Wildman–Crippen MR) is 94.9 cm³/mol. The second-order valence-corrected chi connectivity index (χ2v) is 6.41. The minimum atomic E-state index is -0.528. The maximum atomic E-state index is 14.1. The van der Waals surface area contributed by atoms with E-state index in [2.05, 4.69) is 12.1 Å². The van der Waals surface area contributed by atoms with Gasteiger partial charge in [0.25, 0.3) is 0 Å². The van der Waals surface area contributed by atoms with Gasteiger partial charge in [-0.3, -0.25) is 0 Å². The van der Waals surface area contributed by atoms with Crippen LogP contribution < -0.4 is 0 Å². The highest BCUT2D eigenvalue weighted by atomic mass is 19.1. The van der Waals surface area contributed by atoms with E-state index in [4.69, 9.17) is 0 Å². The largest absolute Gasteiger partial charge is 0.309 e. The van der Waals surface area contributed by atoms with Gasteiger partial charge in [-0.15, -0.1) is 0 Å². The van der Waals surface area contributed by atoms with Crippen molar-refractivity contribution in [2.24, 2.45) is 0 Å². The van der Waals surface area contributed by atoms with Crippen LogP contribution in [0.2, 0.25) is 0 Å². The number of aromatic nitrogens is 1. The van der Waals surface area contributed by atoms with Crippen LogP contribution in [0.5, 0.6) is 0 Å². The quantitative estimate of drug-likeness (QED) is 0.406. The van der Waals surface area contributed by atoms with E-state index in [-0.39, 0.29) is 5.56 Å². The van der Waals surface area contributed by atoms with Gasteiger partial charge in [-0.05, 0) is 57.2 Å². The molecule has 0 saturated heterocycles. The summed E-state index contributed by atoms with van der Waals surface area (Å²) < 4.78 is 30.1. The molecule has 0 amide bonds. The molecule has 0 bridgehead atoms. The maximum absolute atomic E-state index is 14.1. The van der Waals surface area contributed by atoms with Gasteiger partial charge < -0.3 is 4.57 Å². The summed E-state index contributed by atoms with van der Waals surface area (Å²) in [5.41, 5.74) is 4.76. The molecule has 0 N–H and O–H groups in total. The van der Waals surface area contributed by atoms with Gasteiger partial charge in [-0.2, -0.15) is 0 Å². The first kappa shape index (κ1) is 14.9. The molecule has 1 nitrogen and oxygen atoms in total. The van der Waals surface area contributed by atoms with E-state index in [1.165, 1.54) is 19.1 Å². The molecule has 1 heterocycles. The SMILES string of the molecule is Cc1ccc2c(c1)c1cc(C)ccc1n2-c1cc(F)c(C)c(F)c1. The lowest BCUT2D eigenvalue weighted by Gasteiger charge is -2.10. The van der Waals surface area contributed by atoms with Crippen LogP contribution >= 0.6 is 0 Å².